The van der Waals surface area contributed by atoms with E-state index in [4.69, 9.17) is 19.2 Å². The van der Waals surface area contributed by atoms with Crippen LogP contribution in [-0.4, -0.2) is 41.2 Å². The van der Waals surface area contributed by atoms with E-state index >= 15 is 0 Å². The molecular weight excluding hydrogens is 803 g/mol. The van der Waals surface area contributed by atoms with Crippen LogP contribution in [-0.2, 0) is 26.0 Å². The lowest BCUT2D eigenvalue weighted by atomic mass is 9.61. The molecule has 1 heterocycles. The van der Waals surface area contributed by atoms with Gasteiger partial charge in [0.2, 0.25) is 0 Å². The highest BCUT2D eigenvalue weighted by atomic mass is 32.1. The van der Waals surface area contributed by atoms with E-state index in [2.05, 4.69) is 51.7 Å². The zero-order chi connectivity index (χ0) is 44.0. The molecule has 0 aliphatic heterocycles. The molecule has 4 aromatic rings. The van der Waals surface area contributed by atoms with Crippen LogP contribution < -0.4 is 0 Å². The number of allylic oxidation sites excluding steroid dienone is 4. The lowest BCUT2D eigenvalue weighted by molar-refractivity contribution is 0.00212. The topological polar surface area (TPSA) is 91.8 Å². The summed E-state index contributed by atoms with van der Waals surface area (Å²) in [6.07, 6.45) is 21.1. The predicted molar refractivity (Wildman–Crippen MR) is 250 cm³/mol. The first-order valence-corrected chi connectivity index (χ1v) is 23.9. The van der Waals surface area contributed by atoms with Crippen LogP contribution in [0.4, 0.5) is 0 Å². The van der Waals surface area contributed by atoms with Gasteiger partial charge in [-0.1, -0.05) is 112 Å². The van der Waals surface area contributed by atoms with Gasteiger partial charge in [0, 0.05) is 23.9 Å². The SMILES string of the molecule is C=C1C(=CC=C2CCC[C@]3(C)[C@@H]([C@H](C)C=C[C@@H](OC(=O)c4ccccc4)C4(c5ncc(CCCC)s5)CC4)CC[C@@H]23)C[C@@H](OC(=O)c2ccccc2)C[C@@H]1OC(=O)c1ccccc1. The van der Waals surface area contributed by atoms with Gasteiger partial charge in [-0.2, -0.15) is 0 Å². The Morgan fingerprint density at radius 2 is 1.48 bits per heavy atom. The molecule has 0 bridgehead atoms. The monoisotopic (exact) mass is 863 g/mol. The number of nitrogens with zero attached hydrogens (tertiary/aromatic N) is 1. The summed E-state index contributed by atoms with van der Waals surface area (Å²) in [6, 6.07) is 27.3. The summed E-state index contributed by atoms with van der Waals surface area (Å²) >= 11 is 1.79. The van der Waals surface area contributed by atoms with E-state index in [9.17, 15) is 14.4 Å². The minimum atomic E-state index is -0.630. The molecule has 0 radical (unpaired) electrons. The maximum Gasteiger partial charge on any atom is 0.338 e. The van der Waals surface area contributed by atoms with Gasteiger partial charge in [-0.05, 0) is 135 Å². The first-order valence-electron chi connectivity index (χ1n) is 23.1. The predicted octanol–water partition coefficient (Wildman–Crippen LogP) is 12.8. The molecule has 4 saturated carbocycles. The van der Waals surface area contributed by atoms with Crippen molar-refractivity contribution in [1.29, 1.82) is 0 Å². The highest BCUT2D eigenvalue weighted by Crippen LogP contribution is 2.60. The molecule has 1 aromatic heterocycles. The number of aryl methyl sites for hydroxylation is 1. The maximum absolute atomic E-state index is 13.6. The van der Waals surface area contributed by atoms with Crippen LogP contribution >= 0.6 is 11.3 Å². The summed E-state index contributed by atoms with van der Waals surface area (Å²) in [6.45, 7) is 11.5. The molecule has 3 aromatic carbocycles. The van der Waals surface area contributed by atoms with E-state index in [1.807, 2.05) is 72.9 Å². The van der Waals surface area contributed by atoms with Gasteiger partial charge in [0.15, 0.2) is 0 Å². The van der Waals surface area contributed by atoms with Crippen molar-refractivity contribution in [1.82, 2.24) is 4.98 Å². The van der Waals surface area contributed by atoms with Crippen LogP contribution in [0.3, 0.4) is 0 Å². The number of thiazole rings is 1. The first-order chi connectivity index (χ1) is 30.6. The molecule has 0 unspecified atom stereocenters. The smallest absolute Gasteiger partial charge is 0.338 e. The molecule has 4 aliphatic carbocycles. The lowest BCUT2D eigenvalue weighted by Crippen LogP contribution is -2.36. The van der Waals surface area contributed by atoms with E-state index in [1.165, 1.54) is 10.5 Å². The van der Waals surface area contributed by atoms with Crippen molar-refractivity contribution in [3.8, 4) is 0 Å². The van der Waals surface area contributed by atoms with Crippen LogP contribution in [0, 0.1) is 23.2 Å². The van der Waals surface area contributed by atoms with E-state index < -0.39 is 30.3 Å². The molecule has 8 rings (SSSR count). The fourth-order valence-electron chi connectivity index (χ4n) is 10.6. The molecule has 328 valence electrons. The number of aromatic nitrogens is 1. The molecule has 8 heteroatoms. The third kappa shape index (κ3) is 9.92. The Balaban J connectivity index is 1.01. The van der Waals surface area contributed by atoms with E-state index in [0.717, 1.165) is 80.4 Å². The van der Waals surface area contributed by atoms with Crippen LogP contribution in [0.2, 0.25) is 0 Å². The molecule has 0 amide bonds. The molecule has 0 N–H and O–H groups in total. The summed E-state index contributed by atoms with van der Waals surface area (Å²) in [5.41, 5.74) is 4.46. The van der Waals surface area contributed by atoms with Crippen LogP contribution in [0.1, 0.15) is 132 Å². The zero-order valence-electron chi connectivity index (χ0n) is 37.0. The Morgan fingerprint density at radius 1 is 0.841 bits per heavy atom. The highest BCUT2D eigenvalue weighted by molar-refractivity contribution is 7.11. The normalized spacial score (nSPS) is 26.2. The highest BCUT2D eigenvalue weighted by Gasteiger charge is 2.55. The summed E-state index contributed by atoms with van der Waals surface area (Å²) in [5.74, 6) is 0.0568. The number of fused-ring (bicyclic) bond motifs is 1. The quantitative estimate of drug-likeness (QED) is 0.0667. The molecule has 4 aliphatic rings. The zero-order valence-corrected chi connectivity index (χ0v) is 37.8. The molecule has 4 fully saturated rings. The van der Waals surface area contributed by atoms with Gasteiger partial charge in [-0.15, -0.1) is 11.3 Å². The number of hydrogen-bond donors (Lipinski definition) is 0. The van der Waals surface area contributed by atoms with E-state index in [-0.39, 0.29) is 22.7 Å². The molecule has 0 spiro atoms. The number of benzene rings is 3. The minimum absolute atomic E-state index is 0.106. The van der Waals surface area contributed by atoms with Crippen LogP contribution in [0.25, 0.3) is 0 Å². The number of hydrogen-bond acceptors (Lipinski definition) is 8. The second-order valence-corrected chi connectivity index (χ2v) is 19.6. The van der Waals surface area contributed by atoms with Gasteiger partial charge in [-0.3, -0.25) is 0 Å². The number of carbonyl (C=O) groups excluding carboxylic acids is 3. The molecule has 63 heavy (non-hydrogen) atoms. The second-order valence-electron chi connectivity index (χ2n) is 18.5. The van der Waals surface area contributed by atoms with Crippen molar-refractivity contribution < 1.29 is 28.6 Å². The summed E-state index contributed by atoms with van der Waals surface area (Å²) in [7, 11) is 0. The fourth-order valence-corrected chi connectivity index (χ4v) is 11.8. The summed E-state index contributed by atoms with van der Waals surface area (Å²) in [4.78, 5) is 46.3. The average molecular weight is 864 g/mol. The Bertz CT molecular complexity index is 2340. The average Bonchev–Trinajstić information content (AvgIpc) is 3.82. The van der Waals surface area contributed by atoms with Gasteiger partial charge >= 0.3 is 17.9 Å². The Morgan fingerprint density at radius 3 is 2.11 bits per heavy atom. The van der Waals surface area contributed by atoms with Gasteiger partial charge in [0.05, 0.1) is 22.1 Å². The Labute approximate surface area is 377 Å². The third-order valence-corrected chi connectivity index (χ3v) is 15.6. The van der Waals surface area contributed by atoms with Gasteiger partial charge in [0.1, 0.15) is 23.3 Å². The van der Waals surface area contributed by atoms with Gasteiger partial charge in [-0.25, -0.2) is 19.4 Å². The maximum atomic E-state index is 13.6. The van der Waals surface area contributed by atoms with Crippen molar-refractivity contribution in [2.75, 3.05) is 0 Å². The van der Waals surface area contributed by atoms with Gasteiger partial charge < -0.3 is 14.2 Å². The van der Waals surface area contributed by atoms with Crippen LogP contribution in [0.5, 0.6) is 0 Å². The van der Waals surface area contributed by atoms with Crippen molar-refractivity contribution in [2.24, 2.45) is 23.2 Å². The fraction of sp³-hybridized carbons (Fsp3) is 0.418. The van der Waals surface area contributed by atoms with E-state index in [1.54, 1.807) is 35.6 Å². The standard InChI is InChI=1S/C55H61NO6S/c1-5-6-24-45-36-56-53(63-45)55(32-33-55)49(62-52(59)42-21-14-9-15-22-42)30-25-37(2)46-28-29-47-39(23-16-31-54(46,47)4)26-27-43-34-44(60-50(57)40-17-10-7-11-18-40)35-48(38(43)3)61-51(58)41-19-12-8-13-20-41/h7-15,17-22,25-27,30,36-37,44,46-49H,3,5-6,16,23-24,28-29,31-35H2,1-2,4H3/t37-,44-,46-,47+,48+,49-,54-/m1/s1. The minimum Gasteiger partial charge on any atom is -0.458 e. The van der Waals surface area contributed by atoms with Crippen molar-refractivity contribution in [2.45, 2.75) is 122 Å². The molecule has 0 saturated heterocycles. The van der Waals surface area contributed by atoms with E-state index in [0.29, 0.717) is 41.4 Å². The molecule has 7 nitrogen and oxygen atoms in total. The molecular formula is C55H61NO6S. The Hall–Kier alpha value is -5.34. The van der Waals surface area contributed by atoms with Crippen LogP contribution in [0.15, 0.2) is 145 Å². The van der Waals surface area contributed by atoms with Crippen molar-refractivity contribution >= 4 is 29.2 Å². The number of ether oxygens (including phenoxy) is 3. The lowest BCUT2D eigenvalue weighted by Gasteiger charge is -2.44. The van der Waals surface area contributed by atoms with Gasteiger partial charge in [0.25, 0.3) is 0 Å². The summed E-state index contributed by atoms with van der Waals surface area (Å²) in [5, 5.41) is 1.09. The number of esters is 3. The third-order valence-electron chi connectivity index (χ3n) is 14.4. The number of rotatable bonds is 15. The first kappa shape index (κ1) is 44.3. The second kappa shape index (κ2) is 19.6. The largest absolute Gasteiger partial charge is 0.458 e. The molecule has 7 atom stereocenters. The summed E-state index contributed by atoms with van der Waals surface area (Å²) < 4.78 is 18.6. The number of unbranched alkanes of at least 4 members (excludes halogenated alkanes) is 1. The Kier molecular flexibility index (Phi) is 13.8. The van der Waals surface area contributed by atoms with Crippen molar-refractivity contribution in [3.63, 3.8) is 0 Å². The number of carbonyl (C=O) groups is 3. The van der Waals surface area contributed by atoms with Crippen molar-refractivity contribution in [3.05, 3.63) is 171 Å².